The zero-order valence-electron chi connectivity index (χ0n) is 9.63. The summed E-state index contributed by atoms with van der Waals surface area (Å²) in [4.78, 5) is 11.3. The molecular weight excluding hydrogens is 222 g/mol. The van der Waals surface area contributed by atoms with E-state index < -0.39 is 0 Å². The zero-order chi connectivity index (χ0) is 11.8. The van der Waals surface area contributed by atoms with E-state index in [0.717, 1.165) is 24.9 Å². The molecular formula is C13H18ClNO. The number of rotatable bonds is 6. The Morgan fingerprint density at radius 1 is 1.31 bits per heavy atom. The molecule has 1 aromatic rings. The molecule has 1 aromatic carbocycles. The lowest BCUT2D eigenvalue weighted by Crippen LogP contribution is -2.10. The quantitative estimate of drug-likeness (QED) is 0.756. The van der Waals surface area contributed by atoms with E-state index in [9.17, 15) is 4.79 Å². The van der Waals surface area contributed by atoms with Crippen LogP contribution in [0.1, 0.15) is 31.7 Å². The van der Waals surface area contributed by atoms with Crippen LogP contribution in [-0.4, -0.2) is 11.8 Å². The minimum absolute atomic E-state index is 0.0796. The number of anilines is 1. The number of halogens is 1. The Morgan fingerprint density at radius 3 is 2.56 bits per heavy atom. The van der Waals surface area contributed by atoms with Crippen LogP contribution in [0.2, 0.25) is 0 Å². The van der Waals surface area contributed by atoms with Crippen LogP contribution in [-0.2, 0) is 11.2 Å². The van der Waals surface area contributed by atoms with Crippen LogP contribution in [0.25, 0.3) is 0 Å². The lowest BCUT2D eigenvalue weighted by molar-refractivity contribution is -0.116. The van der Waals surface area contributed by atoms with Gasteiger partial charge >= 0.3 is 0 Å². The SMILES string of the molecule is CCCC(=O)Nc1ccc(CCCCl)cc1. The Hall–Kier alpha value is -1.02. The molecule has 0 saturated heterocycles. The van der Waals surface area contributed by atoms with Gasteiger partial charge in [0, 0.05) is 18.0 Å². The van der Waals surface area contributed by atoms with Gasteiger partial charge in [-0.05, 0) is 37.0 Å². The summed E-state index contributed by atoms with van der Waals surface area (Å²) in [7, 11) is 0. The van der Waals surface area contributed by atoms with Crippen molar-refractivity contribution in [3.05, 3.63) is 29.8 Å². The molecule has 1 N–H and O–H groups in total. The van der Waals surface area contributed by atoms with Gasteiger partial charge in [0.1, 0.15) is 0 Å². The number of hydrogen-bond acceptors (Lipinski definition) is 1. The second-order valence-electron chi connectivity index (χ2n) is 3.79. The molecule has 0 spiro atoms. The van der Waals surface area contributed by atoms with Crippen molar-refractivity contribution >= 4 is 23.2 Å². The molecule has 0 unspecified atom stereocenters. The second kappa shape index (κ2) is 7.29. The van der Waals surface area contributed by atoms with E-state index in [4.69, 9.17) is 11.6 Å². The van der Waals surface area contributed by atoms with E-state index in [1.807, 2.05) is 31.2 Å². The minimum Gasteiger partial charge on any atom is -0.326 e. The van der Waals surface area contributed by atoms with E-state index in [1.165, 1.54) is 5.56 Å². The van der Waals surface area contributed by atoms with Crippen molar-refractivity contribution in [1.82, 2.24) is 0 Å². The highest BCUT2D eigenvalue weighted by Gasteiger charge is 2.00. The van der Waals surface area contributed by atoms with Gasteiger partial charge in [-0.25, -0.2) is 0 Å². The number of alkyl halides is 1. The zero-order valence-corrected chi connectivity index (χ0v) is 10.4. The summed E-state index contributed by atoms with van der Waals surface area (Å²) in [6.07, 6.45) is 3.43. The third-order valence-electron chi connectivity index (χ3n) is 2.31. The van der Waals surface area contributed by atoms with Crippen LogP contribution < -0.4 is 5.32 Å². The van der Waals surface area contributed by atoms with E-state index in [2.05, 4.69) is 5.32 Å². The molecule has 0 aliphatic rings. The lowest BCUT2D eigenvalue weighted by Gasteiger charge is -2.05. The molecule has 0 saturated carbocycles. The number of benzene rings is 1. The summed E-state index contributed by atoms with van der Waals surface area (Å²) >= 11 is 5.63. The van der Waals surface area contributed by atoms with Crippen molar-refractivity contribution in [2.45, 2.75) is 32.6 Å². The van der Waals surface area contributed by atoms with Crippen molar-refractivity contribution in [3.63, 3.8) is 0 Å². The van der Waals surface area contributed by atoms with Gasteiger partial charge < -0.3 is 5.32 Å². The highest BCUT2D eigenvalue weighted by Crippen LogP contribution is 2.11. The predicted molar refractivity (Wildman–Crippen MR) is 69.0 cm³/mol. The number of amides is 1. The highest BCUT2D eigenvalue weighted by molar-refractivity contribution is 6.17. The first-order chi connectivity index (χ1) is 7.76. The highest BCUT2D eigenvalue weighted by atomic mass is 35.5. The van der Waals surface area contributed by atoms with Crippen molar-refractivity contribution < 1.29 is 4.79 Å². The molecule has 1 amide bonds. The summed E-state index contributed by atoms with van der Waals surface area (Å²) in [6.45, 7) is 1.99. The molecule has 1 rings (SSSR count). The maximum absolute atomic E-state index is 11.3. The van der Waals surface area contributed by atoms with Crippen molar-refractivity contribution in [2.24, 2.45) is 0 Å². The maximum Gasteiger partial charge on any atom is 0.224 e. The molecule has 0 heterocycles. The first-order valence-electron chi connectivity index (χ1n) is 5.71. The Balaban J connectivity index is 2.47. The molecule has 0 fully saturated rings. The summed E-state index contributed by atoms with van der Waals surface area (Å²) in [5.41, 5.74) is 2.13. The van der Waals surface area contributed by atoms with Crippen LogP contribution in [0, 0.1) is 0 Å². The lowest BCUT2D eigenvalue weighted by atomic mass is 10.1. The number of carbonyl (C=O) groups is 1. The third-order valence-corrected chi connectivity index (χ3v) is 2.58. The molecule has 0 bridgehead atoms. The Bertz CT molecular complexity index is 321. The van der Waals surface area contributed by atoms with Crippen LogP contribution in [0.3, 0.4) is 0 Å². The van der Waals surface area contributed by atoms with E-state index in [1.54, 1.807) is 0 Å². The van der Waals surface area contributed by atoms with E-state index >= 15 is 0 Å². The summed E-state index contributed by atoms with van der Waals surface area (Å²) in [5, 5.41) is 2.86. The number of carbonyl (C=O) groups excluding carboxylic acids is 1. The molecule has 88 valence electrons. The fraction of sp³-hybridized carbons (Fsp3) is 0.462. The van der Waals surface area contributed by atoms with Crippen LogP contribution in [0.5, 0.6) is 0 Å². The smallest absolute Gasteiger partial charge is 0.224 e. The molecule has 0 aliphatic carbocycles. The average Bonchev–Trinajstić information content (AvgIpc) is 2.28. The molecule has 0 aromatic heterocycles. The molecule has 0 radical (unpaired) electrons. The van der Waals surface area contributed by atoms with Crippen LogP contribution in [0.15, 0.2) is 24.3 Å². The number of aryl methyl sites for hydroxylation is 1. The van der Waals surface area contributed by atoms with Gasteiger partial charge in [-0.1, -0.05) is 19.1 Å². The number of nitrogens with one attached hydrogen (secondary N) is 1. The average molecular weight is 240 g/mol. The van der Waals surface area contributed by atoms with Gasteiger partial charge in [0.25, 0.3) is 0 Å². The standard InChI is InChI=1S/C13H18ClNO/c1-2-4-13(16)15-12-8-6-11(7-9-12)5-3-10-14/h6-9H,2-5,10H2,1H3,(H,15,16). The molecule has 0 aliphatic heterocycles. The fourth-order valence-corrected chi connectivity index (χ4v) is 1.61. The van der Waals surface area contributed by atoms with E-state index in [-0.39, 0.29) is 5.91 Å². The fourth-order valence-electron chi connectivity index (χ4n) is 1.48. The Labute approximate surface area is 102 Å². The third kappa shape index (κ3) is 4.67. The van der Waals surface area contributed by atoms with Gasteiger partial charge in [-0.15, -0.1) is 11.6 Å². The minimum atomic E-state index is 0.0796. The van der Waals surface area contributed by atoms with E-state index in [0.29, 0.717) is 12.3 Å². The topological polar surface area (TPSA) is 29.1 Å². The molecule has 0 atom stereocenters. The van der Waals surface area contributed by atoms with Crippen LogP contribution >= 0.6 is 11.6 Å². The Kier molecular flexibility index (Phi) is 5.94. The number of hydrogen-bond donors (Lipinski definition) is 1. The Morgan fingerprint density at radius 2 is 2.00 bits per heavy atom. The maximum atomic E-state index is 11.3. The first-order valence-corrected chi connectivity index (χ1v) is 6.24. The van der Waals surface area contributed by atoms with Gasteiger partial charge in [0.05, 0.1) is 0 Å². The summed E-state index contributed by atoms with van der Waals surface area (Å²) in [6, 6.07) is 7.95. The van der Waals surface area contributed by atoms with Crippen molar-refractivity contribution in [1.29, 1.82) is 0 Å². The first kappa shape index (κ1) is 13.0. The molecule has 2 nitrogen and oxygen atoms in total. The van der Waals surface area contributed by atoms with Gasteiger partial charge in [0.2, 0.25) is 5.91 Å². The largest absolute Gasteiger partial charge is 0.326 e. The van der Waals surface area contributed by atoms with Crippen LogP contribution in [0.4, 0.5) is 5.69 Å². The molecule has 3 heteroatoms. The van der Waals surface area contributed by atoms with Gasteiger partial charge in [-0.3, -0.25) is 4.79 Å². The normalized spacial score (nSPS) is 10.1. The monoisotopic (exact) mass is 239 g/mol. The van der Waals surface area contributed by atoms with Crippen molar-refractivity contribution in [2.75, 3.05) is 11.2 Å². The predicted octanol–water partition coefficient (Wildman–Crippen LogP) is 3.60. The second-order valence-corrected chi connectivity index (χ2v) is 4.17. The van der Waals surface area contributed by atoms with Gasteiger partial charge in [-0.2, -0.15) is 0 Å². The summed E-state index contributed by atoms with van der Waals surface area (Å²) < 4.78 is 0. The van der Waals surface area contributed by atoms with Gasteiger partial charge in [0.15, 0.2) is 0 Å². The molecule has 16 heavy (non-hydrogen) atoms. The summed E-state index contributed by atoms with van der Waals surface area (Å²) in [5.74, 6) is 0.769. The van der Waals surface area contributed by atoms with Crippen molar-refractivity contribution in [3.8, 4) is 0 Å².